The Balaban J connectivity index is 1.87. The third kappa shape index (κ3) is 4.37. The number of hydrogen-bond acceptors (Lipinski definition) is 3. The molecule has 0 saturated heterocycles. The molecule has 5 nitrogen and oxygen atoms in total. The van der Waals surface area contributed by atoms with Gasteiger partial charge in [-0.3, -0.25) is 4.79 Å². The van der Waals surface area contributed by atoms with Crippen molar-refractivity contribution in [2.75, 3.05) is 16.8 Å². The standard InChI is InChI=1S/C22H26N4O/c1-16(2)26(22(27)18-10-8-17(3)9-11-18)21-7-5-6-20(12-21)25(4)14-19-13-23-15-24-19/h5-13,15-16H,14H2,1-4H3,(H,23,24). The molecule has 0 aliphatic carbocycles. The molecule has 1 amide bonds. The molecule has 0 bridgehead atoms. The van der Waals surface area contributed by atoms with Gasteiger partial charge in [0.25, 0.3) is 5.91 Å². The van der Waals surface area contributed by atoms with Crippen molar-refractivity contribution in [3.63, 3.8) is 0 Å². The fourth-order valence-corrected chi connectivity index (χ4v) is 3.08. The van der Waals surface area contributed by atoms with Gasteiger partial charge in [0.1, 0.15) is 0 Å². The van der Waals surface area contributed by atoms with E-state index in [9.17, 15) is 4.79 Å². The number of anilines is 2. The first-order chi connectivity index (χ1) is 13.0. The van der Waals surface area contributed by atoms with Crippen LogP contribution in [0.5, 0.6) is 0 Å². The summed E-state index contributed by atoms with van der Waals surface area (Å²) in [6.07, 6.45) is 3.50. The number of carbonyl (C=O) groups is 1. The molecule has 2 aromatic carbocycles. The molecule has 1 heterocycles. The highest BCUT2D eigenvalue weighted by Gasteiger charge is 2.21. The van der Waals surface area contributed by atoms with Gasteiger partial charge < -0.3 is 14.8 Å². The predicted octanol–water partition coefficient (Wildman–Crippen LogP) is 4.41. The number of hydrogen-bond donors (Lipinski definition) is 1. The molecule has 27 heavy (non-hydrogen) atoms. The lowest BCUT2D eigenvalue weighted by Gasteiger charge is -2.28. The number of benzene rings is 2. The smallest absolute Gasteiger partial charge is 0.258 e. The van der Waals surface area contributed by atoms with Crippen molar-refractivity contribution in [1.82, 2.24) is 9.97 Å². The molecule has 0 saturated carbocycles. The van der Waals surface area contributed by atoms with Crippen LogP contribution >= 0.6 is 0 Å². The minimum Gasteiger partial charge on any atom is -0.369 e. The van der Waals surface area contributed by atoms with Crippen molar-refractivity contribution in [3.05, 3.63) is 77.9 Å². The third-order valence-electron chi connectivity index (χ3n) is 4.54. The molecule has 5 heteroatoms. The molecule has 3 rings (SSSR count). The number of amides is 1. The van der Waals surface area contributed by atoms with Gasteiger partial charge in [0, 0.05) is 36.2 Å². The van der Waals surface area contributed by atoms with E-state index in [1.165, 1.54) is 0 Å². The maximum Gasteiger partial charge on any atom is 0.258 e. The number of aryl methyl sites for hydroxylation is 1. The highest BCUT2D eigenvalue weighted by atomic mass is 16.2. The van der Waals surface area contributed by atoms with Crippen LogP contribution < -0.4 is 9.80 Å². The van der Waals surface area contributed by atoms with Gasteiger partial charge in [-0.05, 0) is 51.1 Å². The van der Waals surface area contributed by atoms with Crippen molar-refractivity contribution < 1.29 is 4.79 Å². The molecule has 0 aliphatic rings. The van der Waals surface area contributed by atoms with E-state index in [0.717, 1.165) is 29.2 Å². The van der Waals surface area contributed by atoms with E-state index in [2.05, 4.69) is 27.0 Å². The first kappa shape index (κ1) is 18.7. The molecule has 140 valence electrons. The van der Waals surface area contributed by atoms with E-state index in [1.807, 2.05) is 75.3 Å². The molecule has 1 aromatic heterocycles. The second kappa shape index (κ2) is 8.08. The van der Waals surface area contributed by atoms with Gasteiger partial charge in [0.2, 0.25) is 0 Å². The molecule has 0 aliphatic heterocycles. The monoisotopic (exact) mass is 362 g/mol. The molecular weight excluding hydrogens is 336 g/mol. The topological polar surface area (TPSA) is 52.2 Å². The summed E-state index contributed by atoms with van der Waals surface area (Å²) in [6, 6.07) is 15.9. The second-order valence-corrected chi connectivity index (χ2v) is 7.09. The Morgan fingerprint density at radius 2 is 1.81 bits per heavy atom. The molecular formula is C22H26N4O. The molecule has 0 fully saturated rings. The summed E-state index contributed by atoms with van der Waals surface area (Å²) >= 11 is 0. The maximum absolute atomic E-state index is 13.1. The molecule has 0 spiro atoms. The SMILES string of the molecule is Cc1ccc(C(=O)N(c2cccc(N(C)Cc3cnc[nH]3)c2)C(C)C)cc1. The normalized spacial score (nSPS) is 10.9. The minimum absolute atomic E-state index is 0.0124. The Morgan fingerprint density at radius 1 is 1.11 bits per heavy atom. The first-order valence-electron chi connectivity index (χ1n) is 9.14. The van der Waals surface area contributed by atoms with Crippen LogP contribution in [0.2, 0.25) is 0 Å². The number of aromatic amines is 1. The van der Waals surface area contributed by atoms with Crippen molar-refractivity contribution in [1.29, 1.82) is 0 Å². The number of rotatable bonds is 6. The molecule has 0 unspecified atom stereocenters. The van der Waals surface area contributed by atoms with Gasteiger partial charge >= 0.3 is 0 Å². The maximum atomic E-state index is 13.1. The summed E-state index contributed by atoms with van der Waals surface area (Å²) in [6.45, 7) is 6.81. The highest BCUT2D eigenvalue weighted by molar-refractivity contribution is 6.06. The number of aromatic nitrogens is 2. The van der Waals surface area contributed by atoms with Crippen LogP contribution in [0.4, 0.5) is 11.4 Å². The van der Waals surface area contributed by atoms with Crippen LogP contribution in [0, 0.1) is 6.92 Å². The lowest BCUT2D eigenvalue weighted by atomic mass is 10.1. The minimum atomic E-state index is 0.0124. The van der Waals surface area contributed by atoms with Gasteiger partial charge in [-0.25, -0.2) is 4.98 Å². The molecule has 3 aromatic rings. The van der Waals surface area contributed by atoms with E-state index in [0.29, 0.717) is 5.56 Å². The Kier molecular flexibility index (Phi) is 5.60. The lowest BCUT2D eigenvalue weighted by molar-refractivity contribution is 0.0980. The molecule has 0 radical (unpaired) electrons. The van der Waals surface area contributed by atoms with Crippen molar-refractivity contribution in [2.45, 2.75) is 33.4 Å². The highest BCUT2D eigenvalue weighted by Crippen LogP contribution is 2.26. The fraction of sp³-hybridized carbons (Fsp3) is 0.273. The number of imidazole rings is 1. The number of nitrogens with zero attached hydrogens (tertiary/aromatic N) is 3. The summed E-state index contributed by atoms with van der Waals surface area (Å²) in [5, 5.41) is 0. The summed E-state index contributed by atoms with van der Waals surface area (Å²) < 4.78 is 0. The number of nitrogens with one attached hydrogen (secondary N) is 1. The van der Waals surface area contributed by atoms with Gasteiger partial charge in [-0.1, -0.05) is 23.8 Å². The van der Waals surface area contributed by atoms with Crippen LogP contribution in [0.1, 0.15) is 35.5 Å². The van der Waals surface area contributed by atoms with Crippen LogP contribution in [0.15, 0.2) is 61.1 Å². The summed E-state index contributed by atoms with van der Waals surface area (Å²) in [5.74, 6) is 0.0124. The van der Waals surface area contributed by atoms with E-state index < -0.39 is 0 Å². The predicted molar refractivity (Wildman–Crippen MR) is 110 cm³/mol. The van der Waals surface area contributed by atoms with Crippen molar-refractivity contribution in [2.24, 2.45) is 0 Å². The zero-order valence-corrected chi connectivity index (χ0v) is 16.3. The first-order valence-corrected chi connectivity index (χ1v) is 9.14. The quantitative estimate of drug-likeness (QED) is 0.707. The third-order valence-corrected chi connectivity index (χ3v) is 4.54. The van der Waals surface area contributed by atoms with E-state index >= 15 is 0 Å². The van der Waals surface area contributed by atoms with Crippen molar-refractivity contribution >= 4 is 17.3 Å². The van der Waals surface area contributed by atoms with E-state index in [1.54, 1.807) is 6.33 Å². The van der Waals surface area contributed by atoms with E-state index in [4.69, 9.17) is 0 Å². The number of H-pyrrole nitrogens is 1. The van der Waals surface area contributed by atoms with Gasteiger partial charge in [0.05, 0.1) is 18.6 Å². The average Bonchev–Trinajstić information content (AvgIpc) is 3.15. The lowest BCUT2D eigenvalue weighted by Crippen LogP contribution is -2.37. The van der Waals surface area contributed by atoms with Crippen LogP contribution in [-0.2, 0) is 6.54 Å². The van der Waals surface area contributed by atoms with Crippen LogP contribution in [0.25, 0.3) is 0 Å². The Labute approximate surface area is 160 Å². The summed E-state index contributed by atoms with van der Waals surface area (Å²) in [4.78, 5) is 24.3. The Hall–Kier alpha value is -3.08. The van der Waals surface area contributed by atoms with Gasteiger partial charge in [-0.2, -0.15) is 0 Å². The number of carbonyl (C=O) groups excluding carboxylic acids is 1. The van der Waals surface area contributed by atoms with Crippen LogP contribution in [-0.4, -0.2) is 29.0 Å². The molecule has 1 N–H and O–H groups in total. The fourth-order valence-electron chi connectivity index (χ4n) is 3.08. The Morgan fingerprint density at radius 3 is 2.44 bits per heavy atom. The molecule has 0 atom stereocenters. The second-order valence-electron chi connectivity index (χ2n) is 7.09. The summed E-state index contributed by atoms with van der Waals surface area (Å²) in [5.41, 5.74) is 4.82. The largest absolute Gasteiger partial charge is 0.369 e. The zero-order valence-electron chi connectivity index (χ0n) is 16.3. The summed E-state index contributed by atoms with van der Waals surface area (Å²) in [7, 11) is 2.03. The van der Waals surface area contributed by atoms with Crippen LogP contribution in [0.3, 0.4) is 0 Å². The van der Waals surface area contributed by atoms with Gasteiger partial charge in [0.15, 0.2) is 0 Å². The van der Waals surface area contributed by atoms with Gasteiger partial charge in [-0.15, -0.1) is 0 Å². The van der Waals surface area contributed by atoms with E-state index in [-0.39, 0.29) is 11.9 Å². The Bertz CT molecular complexity index is 885. The zero-order chi connectivity index (χ0) is 19.4. The van der Waals surface area contributed by atoms with Crippen molar-refractivity contribution in [3.8, 4) is 0 Å². The average molecular weight is 362 g/mol.